The fraction of sp³-hybridized carbons (Fsp3) is 0.286. The van der Waals surface area contributed by atoms with Crippen LogP contribution in [0.2, 0.25) is 0 Å². The van der Waals surface area contributed by atoms with Gasteiger partial charge in [-0.05, 0) is 36.8 Å². The molecule has 0 spiro atoms. The molecule has 1 atom stereocenters. The van der Waals surface area contributed by atoms with E-state index in [0.29, 0.717) is 11.3 Å². The molecule has 3 rings (SSSR count). The zero-order valence-electron chi connectivity index (χ0n) is 15.7. The number of carbonyl (C=O) groups excluding carboxylic acids is 1. The Labute approximate surface area is 163 Å². The van der Waals surface area contributed by atoms with Crippen molar-refractivity contribution >= 4 is 28.6 Å². The van der Waals surface area contributed by atoms with Crippen molar-refractivity contribution in [3.8, 4) is 5.75 Å². The number of fused-ring (bicyclic) bond motifs is 1. The van der Waals surface area contributed by atoms with E-state index in [4.69, 9.17) is 13.9 Å². The second-order valence-corrected chi connectivity index (χ2v) is 7.26. The van der Waals surface area contributed by atoms with Crippen molar-refractivity contribution in [1.82, 2.24) is 5.32 Å². The molecule has 0 bridgehead atoms. The third-order valence-corrected chi connectivity index (χ3v) is 5.21. The van der Waals surface area contributed by atoms with Crippen LogP contribution in [0.1, 0.15) is 29.1 Å². The lowest BCUT2D eigenvalue weighted by Crippen LogP contribution is -2.26. The average Bonchev–Trinajstić information content (AvgIpc) is 3.13. The first-order valence-electron chi connectivity index (χ1n) is 8.71. The second kappa shape index (κ2) is 8.97. The van der Waals surface area contributed by atoms with Crippen molar-refractivity contribution in [3.63, 3.8) is 0 Å². The summed E-state index contributed by atoms with van der Waals surface area (Å²) in [7, 11) is 3.28. The zero-order valence-corrected chi connectivity index (χ0v) is 16.5. The van der Waals surface area contributed by atoms with Crippen LogP contribution in [0.4, 0.5) is 0 Å². The van der Waals surface area contributed by atoms with Gasteiger partial charge in [0, 0.05) is 23.1 Å². The van der Waals surface area contributed by atoms with Gasteiger partial charge in [0.2, 0.25) is 0 Å². The molecule has 0 saturated carbocycles. The van der Waals surface area contributed by atoms with E-state index in [1.54, 1.807) is 32.0 Å². The maximum atomic E-state index is 12.6. The fourth-order valence-electron chi connectivity index (χ4n) is 2.76. The molecule has 0 fully saturated rings. The molecule has 6 heteroatoms. The maximum Gasteiger partial charge on any atom is 0.287 e. The summed E-state index contributed by atoms with van der Waals surface area (Å²) in [4.78, 5) is 13.8. The predicted octanol–water partition coefficient (Wildman–Crippen LogP) is 4.67. The summed E-state index contributed by atoms with van der Waals surface area (Å²) in [5.74, 6) is 1.55. The fourth-order valence-corrected chi connectivity index (χ4v) is 3.57. The monoisotopic (exact) mass is 385 g/mol. The molecule has 0 aliphatic heterocycles. The van der Waals surface area contributed by atoms with Gasteiger partial charge < -0.3 is 19.2 Å². The van der Waals surface area contributed by atoms with Crippen molar-refractivity contribution in [3.05, 3.63) is 59.9 Å². The summed E-state index contributed by atoms with van der Waals surface area (Å²) in [5.41, 5.74) is 1.61. The number of furan rings is 1. The van der Waals surface area contributed by atoms with Crippen LogP contribution in [0, 0.1) is 0 Å². The van der Waals surface area contributed by atoms with Gasteiger partial charge in [-0.25, -0.2) is 0 Å². The number of benzene rings is 2. The lowest BCUT2D eigenvalue weighted by molar-refractivity contribution is 0.0914. The summed E-state index contributed by atoms with van der Waals surface area (Å²) >= 11 is 1.74. The van der Waals surface area contributed by atoms with Crippen LogP contribution in [0.25, 0.3) is 11.0 Å². The largest absolute Gasteiger partial charge is 0.493 e. The number of carbonyl (C=O) groups is 1. The van der Waals surface area contributed by atoms with Crippen molar-refractivity contribution in [2.45, 2.75) is 17.9 Å². The minimum atomic E-state index is -0.251. The Bertz CT molecular complexity index is 904. The lowest BCUT2D eigenvalue weighted by Gasteiger charge is -2.14. The molecular weight excluding hydrogens is 362 g/mol. The maximum absolute atomic E-state index is 12.6. The molecule has 0 aliphatic carbocycles. The van der Waals surface area contributed by atoms with Crippen LogP contribution in [-0.2, 0) is 4.74 Å². The number of hydrogen-bond donors (Lipinski definition) is 1. The van der Waals surface area contributed by atoms with Gasteiger partial charge >= 0.3 is 0 Å². The number of amides is 1. The topological polar surface area (TPSA) is 60.7 Å². The van der Waals surface area contributed by atoms with Crippen molar-refractivity contribution in [2.75, 3.05) is 26.6 Å². The van der Waals surface area contributed by atoms with Crippen LogP contribution >= 0.6 is 11.8 Å². The van der Waals surface area contributed by atoms with Crippen molar-refractivity contribution < 1.29 is 18.7 Å². The van der Waals surface area contributed by atoms with Crippen molar-refractivity contribution in [1.29, 1.82) is 0 Å². The zero-order chi connectivity index (χ0) is 19.2. The van der Waals surface area contributed by atoms with E-state index in [1.165, 1.54) is 4.90 Å². The van der Waals surface area contributed by atoms with Gasteiger partial charge in [-0.1, -0.05) is 24.3 Å². The molecule has 0 aliphatic rings. The number of para-hydroxylation sites is 1. The van der Waals surface area contributed by atoms with E-state index in [2.05, 4.69) is 17.4 Å². The first-order valence-corrected chi connectivity index (χ1v) is 9.70. The summed E-state index contributed by atoms with van der Waals surface area (Å²) in [6.07, 6.45) is 0. The number of thioether (sulfide) groups is 1. The van der Waals surface area contributed by atoms with E-state index in [-0.39, 0.29) is 17.7 Å². The Morgan fingerprint density at radius 1 is 1.19 bits per heavy atom. The van der Waals surface area contributed by atoms with Gasteiger partial charge in [-0.3, -0.25) is 4.79 Å². The molecule has 2 aromatic carbocycles. The van der Waals surface area contributed by atoms with Crippen LogP contribution < -0.4 is 10.1 Å². The van der Waals surface area contributed by atoms with Crippen LogP contribution in [-0.4, -0.2) is 32.5 Å². The smallest absolute Gasteiger partial charge is 0.287 e. The Balaban J connectivity index is 1.66. The number of methoxy groups -OCH3 is 2. The number of hydrogen-bond acceptors (Lipinski definition) is 5. The number of ether oxygens (including phenoxy) is 2. The normalized spacial score (nSPS) is 12.1. The van der Waals surface area contributed by atoms with Gasteiger partial charge in [0.1, 0.15) is 0 Å². The van der Waals surface area contributed by atoms with Gasteiger partial charge in [-0.15, -0.1) is 11.8 Å². The third-order valence-electron chi connectivity index (χ3n) is 4.24. The second-order valence-electron chi connectivity index (χ2n) is 6.09. The standard InChI is InChI=1S/C21H23NO4S/c1-14(15-7-9-17(10-8-15)27-12-11-24-2)22-21(23)19-13-16-5-4-6-18(25-3)20(16)26-19/h4-10,13-14H,11-12H2,1-3H3,(H,22,23). The Hall–Kier alpha value is -2.44. The highest BCUT2D eigenvalue weighted by atomic mass is 32.2. The molecule has 1 heterocycles. The Kier molecular flexibility index (Phi) is 6.42. The molecule has 142 valence electrons. The molecule has 1 amide bonds. The molecule has 1 N–H and O–H groups in total. The van der Waals surface area contributed by atoms with E-state index in [9.17, 15) is 4.79 Å². The summed E-state index contributed by atoms with van der Waals surface area (Å²) in [6.45, 7) is 2.68. The van der Waals surface area contributed by atoms with E-state index < -0.39 is 0 Å². The van der Waals surface area contributed by atoms with Crippen LogP contribution in [0.15, 0.2) is 57.8 Å². The highest BCUT2D eigenvalue weighted by Crippen LogP contribution is 2.29. The van der Waals surface area contributed by atoms with E-state index in [1.807, 2.05) is 37.3 Å². The Morgan fingerprint density at radius 2 is 1.96 bits per heavy atom. The molecular formula is C21H23NO4S. The van der Waals surface area contributed by atoms with Gasteiger partial charge in [0.15, 0.2) is 17.1 Å². The molecule has 0 saturated heterocycles. The predicted molar refractivity (Wildman–Crippen MR) is 108 cm³/mol. The van der Waals surface area contributed by atoms with Gasteiger partial charge in [-0.2, -0.15) is 0 Å². The first-order chi connectivity index (χ1) is 13.1. The quantitative estimate of drug-likeness (QED) is 0.451. The minimum Gasteiger partial charge on any atom is -0.493 e. The molecule has 3 aromatic rings. The third kappa shape index (κ3) is 4.64. The molecule has 1 aromatic heterocycles. The van der Waals surface area contributed by atoms with E-state index in [0.717, 1.165) is 23.3 Å². The summed E-state index contributed by atoms with van der Waals surface area (Å²) < 4.78 is 16.1. The average molecular weight is 385 g/mol. The first kappa shape index (κ1) is 19.3. The minimum absolute atomic E-state index is 0.134. The Morgan fingerprint density at radius 3 is 2.67 bits per heavy atom. The number of nitrogens with one attached hydrogen (secondary N) is 1. The highest BCUT2D eigenvalue weighted by Gasteiger charge is 2.17. The number of rotatable bonds is 8. The summed E-state index contributed by atoms with van der Waals surface area (Å²) in [6, 6.07) is 15.3. The van der Waals surface area contributed by atoms with Gasteiger partial charge in [0.25, 0.3) is 5.91 Å². The SMILES string of the molecule is COCCSc1ccc(C(C)NC(=O)c2cc3cccc(OC)c3o2)cc1. The molecule has 5 nitrogen and oxygen atoms in total. The molecule has 27 heavy (non-hydrogen) atoms. The van der Waals surface area contributed by atoms with Gasteiger partial charge in [0.05, 0.1) is 19.8 Å². The molecule has 1 unspecified atom stereocenters. The molecule has 0 radical (unpaired) electrons. The summed E-state index contributed by atoms with van der Waals surface area (Å²) in [5, 5.41) is 3.82. The van der Waals surface area contributed by atoms with E-state index >= 15 is 0 Å². The van der Waals surface area contributed by atoms with Crippen LogP contribution in [0.5, 0.6) is 5.75 Å². The van der Waals surface area contributed by atoms with Crippen LogP contribution in [0.3, 0.4) is 0 Å². The highest BCUT2D eigenvalue weighted by molar-refractivity contribution is 7.99. The van der Waals surface area contributed by atoms with Crippen molar-refractivity contribution in [2.24, 2.45) is 0 Å². The lowest BCUT2D eigenvalue weighted by atomic mass is 10.1.